The van der Waals surface area contributed by atoms with Gasteiger partial charge in [0.2, 0.25) is 5.91 Å². The standard InChI is InChI=1S/C17H18FNO3S/c1-19(15-8-3-4-9-16(15)23(2,21)22)17(20)11-10-13-6-5-7-14(18)12-13/h3-9,12H,10-11H2,1-2H3. The Hall–Kier alpha value is -2.21. The second-order valence-electron chi connectivity index (χ2n) is 5.32. The van der Waals surface area contributed by atoms with Gasteiger partial charge in [-0.3, -0.25) is 4.79 Å². The third kappa shape index (κ3) is 4.39. The van der Waals surface area contributed by atoms with E-state index in [4.69, 9.17) is 0 Å². The summed E-state index contributed by atoms with van der Waals surface area (Å²) in [6, 6.07) is 12.4. The fourth-order valence-electron chi connectivity index (χ4n) is 2.29. The molecule has 0 bridgehead atoms. The van der Waals surface area contributed by atoms with Gasteiger partial charge >= 0.3 is 0 Å². The van der Waals surface area contributed by atoms with Crippen molar-refractivity contribution in [2.45, 2.75) is 17.7 Å². The van der Waals surface area contributed by atoms with E-state index in [1.54, 1.807) is 30.3 Å². The van der Waals surface area contributed by atoms with Crippen LogP contribution in [0.2, 0.25) is 0 Å². The summed E-state index contributed by atoms with van der Waals surface area (Å²) in [5, 5.41) is 0. The summed E-state index contributed by atoms with van der Waals surface area (Å²) >= 11 is 0. The fourth-order valence-corrected chi connectivity index (χ4v) is 3.20. The van der Waals surface area contributed by atoms with Gasteiger partial charge in [-0.15, -0.1) is 0 Å². The largest absolute Gasteiger partial charge is 0.314 e. The van der Waals surface area contributed by atoms with Crippen LogP contribution in [0.4, 0.5) is 10.1 Å². The van der Waals surface area contributed by atoms with Gasteiger partial charge in [0.1, 0.15) is 5.82 Å². The molecule has 0 radical (unpaired) electrons. The predicted molar refractivity (Wildman–Crippen MR) is 87.7 cm³/mol. The van der Waals surface area contributed by atoms with E-state index in [1.165, 1.54) is 30.1 Å². The van der Waals surface area contributed by atoms with Crippen molar-refractivity contribution in [3.05, 3.63) is 59.9 Å². The van der Waals surface area contributed by atoms with Crippen LogP contribution >= 0.6 is 0 Å². The Balaban J connectivity index is 2.15. The van der Waals surface area contributed by atoms with Crippen molar-refractivity contribution >= 4 is 21.4 Å². The maximum atomic E-state index is 13.1. The van der Waals surface area contributed by atoms with Gasteiger partial charge in [0.15, 0.2) is 9.84 Å². The smallest absolute Gasteiger partial charge is 0.227 e. The number of nitrogens with zero attached hydrogens (tertiary/aromatic N) is 1. The maximum Gasteiger partial charge on any atom is 0.227 e. The third-order valence-corrected chi connectivity index (χ3v) is 4.66. The number of halogens is 1. The molecule has 4 nitrogen and oxygen atoms in total. The molecule has 0 heterocycles. The number of carbonyl (C=O) groups is 1. The van der Waals surface area contributed by atoms with Crippen molar-refractivity contribution in [3.63, 3.8) is 0 Å². The summed E-state index contributed by atoms with van der Waals surface area (Å²) in [5.41, 5.74) is 1.07. The number of anilines is 1. The molecule has 0 spiro atoms. The highest BCUT2D eigenvalue weighted by Gasteiger charge is 2.19. The van der Waals surface area contributed by atoms with Crippen molar-refractivity contribution in [2.24, 2.45) is 0 Å². The Labute approximate surface area is 135 Å². The van der Waals surface area contributed by atoms with Crippen LogP contribution < -0.4 is 4.90 Å². The van der Waals surface area contributed by atoms with Gasteiger partial charge in [0, 0.05) is 19.7 Å². The Bertz CT molecular complexity index is 818. The number of benzene rings is 2. The zero-order valence-electron chi connectivity index (χ0n) is 13.0. The van der Waals surface area contributed by atoms with Crippen molar-refractivity contribution in [3.8, 4) is 0 Å². The van der Waals surface area contributed by atoms with E-state index in [2.05, 4.69) is 0 Å². The highest BCUT2D eigenvalue weighted by atomic mass is 32.2. The zero-order valence-corrected chi connectivity index (χ0v) is 13.8. The molecule has 0 fully saturated rings. The van der Waals surface area contributed by atoms with E-state index in [1.807, 2.05) is 0 Å². The summed E-state index contributed by atoms with van der Waals surface area (Å²) in [6.45, 7) is 0. The molecule has 0 unspecified atom stereocenters. The number of hydrogen-bond donors (Lipinski definition) is 0. The quantitative estimate of drug-likeness (QED) is 0.844. The monoisotopic (exact) mass is 335 g/mol. The molecule has 2 rings (SSSR count). The number of rotatable bonds is 5. The first-order chi connectivity index (χ1) is 10.8. The van der Waals surface area contributed by atoms with Crippen LogP contribution in [0.25, 0.3) is 0 Å². The molecule has 0 aliphatic heterocycles. The van der Waals surface area contributed by atoms with Crippen LogP contribution in [0.5, 0.6) is 0 Å². The normalized spacial score (nSPS) is 11.3. The summed E-state index contributed by atoms with van der Waals surface area (Å²) in [5.74, 6) is -0.573. The molecule has 0 saturated carbocycles. The van der Waals surface area contributed by atoms with Crippen molar-refractivity contribution < 1.29 is 17.6 Å². The average molecular weight is 335 g/mol. The minimum absolute atomic E-state index is 0.113. The molecular weight excluding hydrogens is 317 g/mol. The molecule has 2 aromatic carbocycles. The van der Waals surface area contributed by atoms with Crippen LogP contribution in [0, 0.1) is 5.82 Å². The van der Waals surface area contributed by atoms with Crippen LogP contribution in [0.1, 0.15) is 12.0 Å². The Morgan fingerprint density at radius 3 is 2.48 bits per heavy atom. The number of para-hydroxylation sites is 1. The Morgan fingerprint density at radius 2 is 1.83 bits per heavy atom. The minimum Gasteiger partial charge on any atom is -0.314 e. The Kier molecular flexibility index (Phi) is 5.15. The molecule has 1 amide bonds. The summed E-state index contributed by atoms with van der Waals surface area (Å²) < 4.78 is 36.8. The second-order valence-corrected chi connectivity index (χ2v) is 7.31. The molecule has 2 aromatic rings. The van der Waals surface area contributed by atoms with Gasteiger partial charge in [-0.1, -0.05) is 24.3 Å². The van der Waals surface area contributed by atoms with Gasteiger partial charge in [-0.25, -0.2) is 12.8 Å². The highest BCUT2D eigenvalue weighted by Crippen LogP contribution is 2.24. The SMILES string of the molecule is CN(C(=O)CCc1cccc(F)c1)c1ccccc1S(C)(=O)=O. The summed E-state index contributed by atoms with van der Waals surface area (Å²) in [7, 11) is -1.89. The molecule has 0 N–H and O–H groups in total. The van der Waals surface area contributed by atoms with E-state index < -0.39 is 9.84 Å². The van der Waals surface area contributed by atoms with Crippen molar-refractivity contribution in [2.75, 3.05) is 18.2 Å². The third-order valence-electron chi connectivity index (χ3n) is 3.52. The van der Waals surface area contributed by atoms with Crippen LogP contribution in [0.3, 0.4) is 0 Å². The minimum atomic E-state index is -3.43. The van der Waals surface area contributed by atoms with Crippen molar-refractivity contribution in [1.29, 1.82) is 0 Å². The molecule has 6 heteroatoms. The van der Waals surface area contributed by atoms with Gasteiger partial charge in [0.25, 0.3) is 0 Å². The van der Waals surface area contributed by atoms with Gasteiger partial charge < -0.3 is 4.90 Å². The lowest BCUT2D eigenvalue weighted by Gasteiger charge is -2.20. The number of amides is 1. The van der Waals surface area contributed by atoms with E-state index in [0.717, 1.165) is 11.8 Å². The molecule has 122 valence electrons. The number of hydrogen-bond acceptors (Lipinski definition) is 3. The molecular formula is C17H18FNO3S. The van der Waals surface area contributed by atoms with Gasteiger partial charge in [-0.2, -0.15) is 0 Å². The van der Waals surface area contributed by atoms with Crippen LogP contribution in [-0.2, 0) is 21.1 Å². The molecule has 0 atom stereocenters. The number of aryl methyl sites for hydroxylation is 1. The van der Waals surface area contributed by atoms with Gasteiger partial charge in [-0.05, 0) is 36.2 Å². The first-order valence-corrected chi connectivity index (χ1v) is 8.98. The zero-order chi connectivity index (χ0) is 17.0. The van der Waals surface area contributed by atoms with E-state index >= 15 is 0 Å². The van der Waals surface area contributed by atoms with Crippen molar-refractivity contribution in [1.82, 2.24) is 0 Å². The highest BCUT2D eigenvalue weighted by molar-refractivity contribution is 7.90. The molecule has 23 heavy (non-hydrogen) atoms. The maximum absolute atomic E-state index is 13.1. The lowest BCUT2D eigenvalue weighted by atomic mass is 10.1. The van der Waals surface area contributed by atoms with Crippen LogP contribution in [0.15, 0.2) is 53.4 Å². The lowest BCUT2D eigenvalue weighted by Crippen LogP contribution is -2.27. The first-order valence-electron chi connectivity index (χ1n) is 7.09. The van der Waals surface area contributed by atoms with E-state index in [9.17, 15) is 17.6 Å². The summed E-state index contributed by atoms with van der Waals surface area (Å²) in [6.07, 6.45) is 1.66. The Morgan fingerprint density at radius 1 is 1.13 bits per heavy atom. The van der Waals surface area contributed by atoms with Crippen LogP contribution in [-0.4, -0.2) is 27.6 Å². The molecule has 0 aromatic heterocycles. The number of carbonyl (C=O) groups excluding carboxylic acids is 1. The van der Waals surface area contributed by atoms with E-state index in [-0.39, 0.29) is 23.0 Å². The molecule has 0 aliphatic rings. The molecule has 0 saturated heterocycles. The van der Waals surface area contributed by atoms with Gasteiger partial charge in [0.05, 0.1) is 10.6 Å². The predicted octanol–water partition coefficient (Wildman–Crippen LogP) is 2.82. The second kappa shape index (κ2) is 6.91. The average Bonchev–Trinajstić information content (AvgIpc) is 2.51. The fraction of sp³-hybridized carbons (Fsp3) is 0.235. The van der Waals surface area contributed by atoms with E-state index in [0.29, 0.717) is 12.1 Å². The molecule has 0 aliphatic carbocycles. The topological polar surface area (TPSA) is 54.5 Å². The number of sulfone groups is 1. The lowest BCUT2D eigenvalue weighted by molar-refractivity contribution is -0.118. The summed E-state index contributed by atoms with van der Waals surface area (Å²) in [4.78, 5) is 13.8. The first kappa shape index (κ1) is 17.1.